The van der Waals surface area contributed by atoms with Crippen LogP contribution in [0.1, 0.15) is 33.3 Å². The van der Waals surface area contributed by atoms with Crippen LogP contribution in [0.5, 0.6) is 0 Å². The van der Waals surface area contributed by atoms with Crippen LogP contribution < -0.4 is 5.11 Å². The van der Waals surface area contributed by atoms with Crippen molar-refractivity contribution < 1.29 is 36.0 Å². The summed E-state index contributed by atoms with van der Waals surface area (Å²) in [7, 11) is -4.27. The van der Waals surface area contributed by atoms with Crippen molar-refractivity contribution in [3.63, 3.8) is 0 Å². The zero-order chi connectivity index (χ0) is 21.7. The number of hydrogen-bond acceptors (Lipinski definition) is 4. The quantitative estimate of drug-likeness (QED) is 0.602. The van der Waals surface area contributed by atoms with Gasteiger partial charge in [-0.1, -0.05) is 0 Å². The first kappa shape index (κ1) is 23.1. The monoisotopic (exact) mass is 486 g/mol. The van der Waals surface area contributed by atoms with E-state index in [4.69, 9.17) is 0 Å². The summed E-state index contributed by atoms with van der Waals surface area (Å²) in [4.78, 5) is 11.4. The number of quaternary nitrogens is 1. The molecule has 0 N–H and O–H groups in total. The van der Waals surface area contributed by atoms with Gasteiger partial charge in [0.15, 0.2) is 0 Å². The second-order valence-electron chi connectivity index (χ2n) is 7.88. The summed E-state index contributed by atoms with van der Waals surface area (Å²) in [6.45, 7) is 6.43. The summed E-state index contributed by atoms with van der Waals surface area (Å²) in [5.41, 5.74) is -1.82. The van der Waals surface area contributed by atoms with Crippen molar-refractivity contribution in [1.82, 2.24) is 4.31 Å². The number of alkyl halides is 3. The summed E-state index contributed by atoms with van der Waals surface area (Å²) >= 11 is 3.01. The molecule has 0 spiro atoms. The second-order valence-corrected chi connectivity index (χ2v) is 10.6. The summed E-state index contributed by atoms with van der Waals surface area (Å²) in [5.74, 6) is 0. The smallest absolute Gasteiger partial charge is 0.416 e. The van der Waals surface area contributed by atoms with Crippen LogP contribution >= 0.6 is 15.9 Å². The van der Waals surface area contributed by atoms with Crippen LogP contribution in [0.2, 0.25) is 0 Å². The minimum atomic E-state index is -4.69. The molecular formula is C17H22BrF3N2O4S. The lowest BCUT2D eigenvalue weighted by molar-refractivity contribution is -0.943. The van der Waals surface area contributed by atoms with Crippen molar-refractivity contribution in [3.8, 4) is 0 Å². The van der Waals surface area contributed by atoms with Crippen molar-refractivity contribution >= 4 is 32.0 Å². The molecule has 1 unspecified atom stereocenters. The van der Waals surface area contributed by atoms with Crippen LogP contribution in [-0.4, -0.2) is 54.5 Å². The lowest BCUT2D eigenvalue weighted by Gasteiger charge is -2.55. The van der Waals surface area contributed by atoms with Crippen LogP contribution in [0.15, 0.2) is 27.6 Å². The second kappa shape index (κ2) is 7.26. The molecular weight excluding hydrogens is 465 g/mol. The number of hydrogen-bond donors (Lipinski definition) is 0. The van der Waals surface area contributed by atoms with Gasteiger partial charge < -0.3 is 9.90 Å². The van der Waals surface area contributed by atoms with E-state index in [0.717, 1.165) is 16.4 Å². The van der Waals surface area contributed by atoms with E-state index in [9.17, 15) is 31.5 Å². The molecule has 2 rings (SSSR count). The highest BCUT2D eigenvalue weighted by molar-refractivity contribution is 9.10. The Morgan fingerprint density at radius 1 is 1.29 bits per heavy atom. The number of carbonyl (C=O) groups excluding carboxylic acids is 1. The Balaban J connectivity index is 2.45. The molecule has 1 heterocycles. The summed E-state index contributed by atoms with van der Waals surface area (Å²) in [5, 5.41) is 11.9. The Labute approximate surface area is 170 Å². The van der Waals surface area contributed by atoms with Crippen molar-refractivity contribution in [1.29, 1.82) is 0 Å². The maximum absolute atomic E-state index is 13.0. The largest absolute Gasteiger partial charge is 0.498 e. The first-order valence-electron chi connectivity index (χ1n) is 8.51. The van der Waals surface area contributed by atoms with Gasteiger partial charge in [0, 0.05) is 4.47 Å². The van der Waals surface area contributed by atoms with Crippen LogP contribution in [0, 0.1) is 0 Å². The van der Waals surface area contributed by atoms with E-state index in [0.29, 0.717) is 6.07 Å². The number of benzene rings is 1. The highest BCUT2D eigenvalue weighted by atomic mass is 79.9. The molecule has 1 fully saturated rings. The lowest BCUT2D eigenvalue weighted by atomic mass is 9.96. The summed E-state index contributed by atoms with van der Waals surface area (Å²) < 4.78 is 65.7. The molecule has 1 aromatic carbocycles. The topological polar surface area (TPSA) is 77.5 Å². The highest BCUT2D eigenvalue weighted by Gasteiger charge is 2.52. The van der Waals surface area contributed by atoms with E-state index < -0.39 is 48.8 Å². The maximum atomic E-state index is 13.0. The van der Waals surface area contributed by atoms with Crippen LogP contribution in [0.25, 0.3) is 0 Å². The fourth-order valence-electron chi connectivity index (χ4n) is 3.79. The molecule has 2 atom stereocenters. The maximum Gasteiger partial charge on any atom is 0.416 e. The molecule has 0 bridgehead atoms. The molecule has 11 heteroatoms. The molecule has 1 aromatic rings. The normalized spacial score (nSPS) is 24.9. The molecule has 0 radical (unpaired) electrons. The van der Waals surface area contributed by atoms with Gasteiger partial charge in [0.2, 0.25) is 10.0 Å². The number of sulfonamides is 1. The molecule has 28 heavy (non-hydrogen) atoms. The molecule has 158 valence electrons. The third kappa shape index (κ3) is 3.81. The van der Waals surface area contributed by atoms with Crippen LogP contribution in [0.3, 0.4) is 0 Å². The van der Waals surface area contributed by atoms with Gasteiger partial charge in [-0.15, -0.1) is 0 Å². The number of piperazine rings is 1. The zero-order valence-electron chi connectivity index (χ0n) is 15.9. The number of carbonyl (C=O) groups is 1. The molecule has 0 aliphatic carbocycles. The van der Waals surface area contributed by atoms with E-state index in [1.165, 1.54) is 0 Å². The number of carboxylic acid groups (broad SMARTS) is 1. The number of halogens is 4. The lowest BCUT2D eigenvalue weighted by Crippen LogP contribution is -2.76. The van der Waals surface area contributed by atoms with Gasteiger partial charge in [-0.25, -0.2) is 8.42 Å². The predicted molar refractivity (Wildman–Crippen MR) is 97.6 cm³/mol. The highest BCUT2D eigenvalue weighted by Crippen LogP contribution is 2.37. The zero-order valence-corrected chi connectivity index (χ0v) is 18.3. The minimum Gasteiger partial charge on any atom is -0.498 e. The van der Waals surface area contributed by atoms with Gasteiger partial charge in [-0.3, -0.25) is 4.48 Å². The first-order chi connectivity index (χ1) is 12.5. The van der Waals surface area contributed by atoms with E-state index in [-0.39, 0.29) is 24.1 Å². The van der Waals surface area contributed by atoms with Crippen molar-refractivity contribution in [2.24, 2.45) is 0 Å². The van der Waals surface area contributed by atoms with E-state index in [1.807, 2.05) is 0 Å². The predicted octanol–water partition coefficient (Wildman–Crippen LogP) is 2.82. The van der Waals surface area contributed by atoms with Crippen molar-refractivity contribution in [2.45, 2.75) is 50.3 Å². The Kier molecular flexibility index (Phi) is 5.99. The van der Waals surface area contributed by atoms with Gasteiger partial charge >= 0.3 is 6.18 Å². The third-order valence-electron chi connectivity index (χ3n) is 5.32. The molecule has 1 amide bonds. The molecule has 6 nitrogen and oxygen atoms in total. The third-order valence-corrected chi connectivity index (χ3v) is 8.18. The van der Waals surface area contributed by atoms with Crippen LogP contribution in [0.4, 0.5) is 18.0 Å². The fraction of sp³-hybridized carbons (Fsp3) is 0.588. The SMILES string of the molecule is C[C@H]1CN(S(=O)(=O)c2cc(C(F)(F)F)ccc2Br)CC[N+]1(C(=O)[O-])C(C)(C)C. The minimum absolute atomic E-state index is 0.00945. The molecule has 0 saturated carbocycles. The number of amides is 1. The summed E-state index contributed by atoms with van der Waals surface area (Å²) in [6.07, 6.45) is -6.00. The van der Waals surface area contributed by atoms with Gasteiger partial charge in [-0.05, 0) is 61.8 Å². The molecule has 1 aliphatic heterocycles. The van der Waals surface area contributed by atoms with Gasteiger partial charge in [0.05, 0.1) is 35.6 Å². The van der Waals surface area contributed by atoms with E-state index >= 15 is 0 Å². The first-order valence-corrected chi connectivity index (χ1v) is 10.7. The van der Waals surface area contributed by atoms with Crippen molar-refractivity contribution in [2.75, 3.05) is 19.6 Å². The van der Waals surface area contributed by atoms with Crippen molar-refractivity contribution in [3.05, 3.63) is 28.2 Å². The molecule has 1 aliphatic rings. The van der Waals surface area contributed by atoms with Gasteiger partial charge in [-0.2, -0.15) is 17.5 Å². The Morgan fingerprint density at radius 3 is 2.29 bits per heavy atom. The Morgan fingerprint density at radius 2 is 1.86 bits per heavy atom. The van der Waals surface area contributed by atoms with Gasteiger partial charge in [0.1, 0.15) is 6.04 Å². The molecule has 0 aromatic heterocycles. The fourth-order valence-corrected chi connectivity index (χ4v) is 6.25. The van der Waals surface area contributed by atoms with Crippen LogP contribution in [-0.2, 0) is 16.2 Å². The number of rotatable bonds is 2. The van der Waals surface area contributed by atoms with E-state index in [1.54, 1.807) is 27.7 Å². The average Bonchev–Trinajstić information content (AvgIpc) is 2.52. The Bertz CT molecular complexity index is 883. The Hall–Kier alpha value is -1.17. The van der Waals surface area contributed by atoms with E-state index in [2.05, 4.69) is 15.9 Å². The molecule has 1 saturated heterocycles. The average molecular weight is 487 g/mol. The standard InChI is InChI=1S/C17H22BrF3N2O4S/c1-11-10-22(7-8-23(11,15(24)25)16(2,3)4)28(26,27)14-9-12(17(19,20)21)5-6-13(14)18/h5-6,9,11H,7-8,10H2,1-4H3/t11-,23?/m0/s1. The number of nitrogens with zero attached hydrogens (tertiary/aromatic N) is 2. The van der Waals surface area contributed by atoms with Gasteiger partial charge in [0.25, 0.3) is 6.09 Å². The summed E-state index contributed by atoms with van der Waals surface area (Å²) in [6, 6.07) is 1.76.